The van der Waals surface area contributed by atoms with E-state index in [4.69, 9.17) is 4.74 Å². The van der Waals surface area contributed by atoms with E-state index in [9.17, 15) is 30.7 Å². The maximum Gasteiger partial charge on any atom is 0.416 e. The molecule has 0 fully saturated rings. The lowest BCUT2D eigenvalue weighted by atomic mass is 10.1. The largest absolute Gasteiger partial charge is 0.485 e. The number of aromatic amines is 1. The minimum atomic E-state index is -4.52. The molecule has 1 aromatic carbocycles. The first-order valence-electron chi connectivity index (χ1n) is 7.51. The summed E-state index contributed by atoms with van der Waals surface area (Å²) in [5.41, 5.74) is -0.0103. The molecule has 27 heavy (non-hydrogen) atoms. The lowest BCUT2D eigenvalue weighted by Crippen LogP contribution is -2.33. The second-order valence-electron chi connectivity index (χ2n) is 5.71. The van der Waals surface area contributed by atoms with Gasteiger partial charge >= 0.3 is 18.5 Å². The molecule has 3 rings (SSSR count). The van der Waals surface area contributed by atoms with Gasteiger partial charge in [0.05, 0.1) is 17.5 Å². The Morgan fingerprint density at radius 1 is 1.04 bits per heavy atom. The SMILES string of the molecule is FC(F)C(F)(F)COc1cnccc1-c1cc2cc(C(F)(F)F)ccc2[nH]1. The molecule has 0 bridgehead atoms. The van der Waals surface area contributed by atoms with Crippen LogP contribution in [0.15, 0.2) is 42.7 Å². The number of nitrogens with one attached hydrogen (secondary N) is 1. The highest BCUT2D eigenvalue weighted by Crippen LogP contribution is 2.35. The molecular formula is C17H11F7N2O. The van der Waals surface area contributed by atoms with Crippen molar-refractivity contribution in [1.82, 2.24) is 9.97 Å². The Morgan fingerprint density at radius 3 is 2.44 bits per heavy atom. The van der Waals surface area contributed by atoms with Gasteiger partial charge in [-0.3, -0.25) is 4.98 Å². The third kappa shape index (κ3) is 3.99. The van der Waals surface area contributed by atoms with Gasteiger partial charge in [0.15, 0.2) is 6.61 Å². The van der Waals surface area contributed by atoms with E-state index in [1.165, 1.54) is 24.4 Å². The molecule has 0 saturated carbocycles. The minimum Gasteiger partial charge on any atom is -0.485 e. The van der Waals surface area contributed by atoms with E-state index >= 15 is 0 Å². The number of rotatable bonds is 5. The zero-order valence-electron chi connectivity index (χ0n) is 13.3. The molecule has 0 amide bonds. The van der Waals surface area contributed by atoms with E-state index in [0.29, 0.717) is 5.52 Å². The van der Waals surface area contributed by atoms with Crippen molar-refractivity contribution < 1.29 is 35.5 Å². The number of halogens is 7. The van der Waals surface area contributed by atoms with Gasteiger partial charge in [-0.25, -0.2) is 8.78 Å². The van der Waals surface area contributed by atoms with Crippen molar-refractivity contribution in [3.63, 3.8) is 0 Å². The number of H-pyrrole nitrogens is 1. The highest BCUT2D eigenvalue weighted by Gasteiger charge is 2.42. The number of pyridine rings is 1. The van der Waals surface area contributed by atoms with Crippen LogP contribution in [0, 0.1) is 0 Å². The lowest BCUT2D eigenvalue weighted by Gasteiger charge is -2.17. The van der Waals surface area contributed by atoms with Gasteiger partial charge in [0.2, 0.25) is 0 Å². The highest BCUT2D eigenvalue weighted by atomic mass is 19.4. The summed E-state index contributed by atoms with van der Waals surface area (Å²) in [5, 5.41) is 0.237. The maximum absolute atomic E-state index is 13.1. The molecule has 0 unspecified atom stereocenters. The van der Waals surface area contributed by atoms with Crippen molar-refractivity contribution in [2.45, 2.75) is 18.5 Å². The second-order valence-corrected chi connectivity index (χ2v) is 5.71. The average molecular weight is 392 g/mol. The molecular weight excluding hydrogens is 381 g/mol. The normalized spacial score (nSPS) is 12.7. The monoisotopic (exact) mass is 392 g/mol. The van der Waals surface area contributed by atoms with Gasteiger partial charge in [-0.2, -0.15) is 22.0 Å². The first kappa shape index (κ1) is 19.0. The fraction of sp³-hybridized carbons (Fsp3) is 0.235. The van der Waals surface area contributed by atoms with Crippen LogP contribution < -0.4 is 4.74 Å². The molecule has 0 radical (unpaired) electrons. The predicted molar refractivity (Wildman–Crippen MR) is 83.0 cm³/mol. The fourth-order valence-corrected chi connectivity index (χ4v) is 2.41. The minimum absolute atomic E-state index is 0.194. The molecule has 0 aliphatic heterocycles. The Hall–Kier alpha value is -2.78. The van der Waals surface area contributed by atoms with Crippen LogP contribution in [-0.4, -0.2) is 28.9 Å². The number of hydrogen-bond acceptors (Lipinski definition) is 2. The van der Waals surface area contributed by atoms with Crippen LogP contribution in [0.2, 0.25) is 0 Å². The van der Waals surface area contributed by atoms with Gasteiger partial charge in [0.1, 0.15) is 5.75 Å². The van der Waals surface area contributed by atoms with Crippen LogP contribution in [-0.2, 0) is 6.18 Å². The van der Waals surface area contributed by atoms with Crippen molar-refractivity contribution in [3.8, 4) is 17.0 Å². The number of ether oxygens (including phenoxy) is 1. The quantitative estimate of drug-likeness (QED) is 0.580. The lowest BCUT2D eigenvalue weighted by molar-refractivity contribution is -0.148. The van der Waals surface area contributed by atoms with Crippen LogP contribution in [0.25, 0.3) is 22.2 Å². The highest BCUT2D eigenvalue weighted by molar-refractivity contribution is 5.87. The first-order chi connectivity index (χ1) is 12.6. The van der Waals surface area contributed by atoms with Crippen LogP contribution in [0.3, 0.4) is 0 Å². The number of nitrogens with zero attached hydrogens (tertiary/aromatic N) is 1. The molecule has 0 saturated heterocycles. The van der Waals surface area contributed by atoms with E-state index in [0.717, 1.165) is 18.3 Å². The molecule has 144 valence electrons. The molecule has 0 atom stereocenters. The summed E-state index contributed by atoms with van der Waals surface area (Å²) in [5.74, 6) is -4.56. The van der Waals surface area contributed by atoms with Crippen molar-refractivity contribution in [1.29, 1.82) is 0 Å². The standard InChI is InChI=1S/C17H11F7N2O/c18-15(19)16(20,21)8-27-14-7-25-4-3-11(14)13-6-9-5-10(17(22,23)24)1-2-12(9)26-13/h1-7,15,26H,8H2. The smallest absolute Gasteiger partial charge is 0.416 e. The van der Waals surface area contributed by atoms with Gasteiger partial charge in [-0.1, -0.05) is 0 Å². The zero-order valence-corrected chi connectivity index (χ0v) is 13.3. The van der Waals surface area contributed by atoms with E-state index in [1.54, 1.807) is 0 Å². The summed E-state index contributed by atoms with van der Waals surface area (Å²) in [7, 11) is 0. The number of benzene rings is 1. The van der Waals surface area contributed by atoms with Gasteiger partial charge in [-0.15, -0.1) is 0 Å². The summed E-state index contributed by atoms with van der Waals surface area (Å²) in [4.78, 5) is 6.54. The average Bonchev–Trinajstić information content (AvgIpc) is 3.02. The van der Waals surface area contributed by atoms with E-state index in [1.807, 2.05) is 0 Å². The summed E-state index contributed by atoms with van der Waals surface area (Å²) < 4.78 is 93.9. The molecule has 2 heterocycles. The van der Waals surface area contributed by atoms with Crippen LogP contribution in [0.5, 0.6) is 5.75 Å². The van der Waals surface area contributed by atoms with Crippen molar-refractivity contribution in [2.75, 3.05) is 6.61 Å². The number of fused-ring (bicyclic) bond motifs is 1. The zero-order chi connectivity index (χ0) is 19.8. The predicted octanol–water partition coefficient (Wildman–Crippen LogP) is 5.53. The van der Waals surface area contributed by atoms with Gasteiger partial charge in [0.25, 0.3) is 0 Å². The molecule has 10 heteroatoms. The molecule has 3 nitrogen and oxygen atoms in total. The van der Waals surface area contributed by atoms with Gasteiger partial charge in [-0.05, 0) is 30.3 Å². The Labute approximate surface area is 147 Å². The molecule has 0 aliphatic rings. The van der Waals surface area contributed by atoms with Crippen molar-refractivity contribution in [2.24, 2.45) is 0 Å². The molecule has 3 aromatic rings. The number of hydrogen-bond donors (Lipinski definition) is 1. The summed E-state index contributed by atoms with van der Waals surface area (Å²) >= 11 is 0. The van der Waals surface area contributed by atoms with Crippen molar-refractivity contribution in [3.05, 3.63) is 48.3 Å². The summed E-state index contributed by atoms with van der Waals surface area (Å²) in [6.07, 6.45) is -6.05. The van der Waals surface area contributed by atoms with Crippen LogP contribution in [0.1, 0.15) is 5.56 Å². The van der Waals surface area contributed by atoms with Crippen molar-refractivity contribution >= 4 is 10.9 Å². The summed E-state index contributed by atoms with van der Waals surface area (Å²) in [6.45, 7) is -1.57. The Kier molecular flexibility index (Phi) is 4.75. The second kappa shape index (κ2) is 6.75. The van der Waals surface area contributed by atoms with E-state index < -0.39 is 30.7 Å². The van der Waals surface area contributed by atoms with E-state index in [-0.39, 0.29) is 22.4 Å². The Bertz CT molecular complexity index is 950. The summed E-state index contributed by atoms with van der Waals surface area (Å²) in [6, 6.07) is 5.80. The topological polar surface area (TPSA) is 37.9 Å². The van der Waals surface area contributed by atoms with Gasteiger partial charge < -0.3 is 9.72 Å². The third-order valence-corrected chi connectivity index (χ3v) is 3.76. The maximum atomic E-state index is 13.1. The molecule has 0 spiro atoms. The number of aromatic nitrogens is 2. The third-order valence-electron chi connectivity index (χ3n) is 3.76. The molecule has 0 aliphatic carbocycles. The fourth-order valence-electron chi connectivity index (χ4n) is 2.41. The molecule has 1 N–H and O–H groups in total. The van der Waals surface area contributed by atoms with Gasteiger partial charge in [0, 0.05) is 22.7 Å². The Morgan fingerprint density at radius 2 is 1.78 bits per heavy atom. The van der Waals surface area contributed by atoms with Crippen LogP contribution >= 0.6 is 0 Å². The Balaban J connectivity index is 1.95. The first-order valence-corrected chi connectivity index (χ1v) is 7.51. The van der Waals surface area contributed by atoms with Crippen LogP contribution in [0.4, 0.5) is 30.7 Å². The molecule has 2 aromatic heterocycles. The van der Waals surface area contributed by atoms with E-state index in [2.05, 4.69) is 9.97 Å². The number of alkyl halides is 7.